The summed E-state index contributed by atoms with van der Waals surface area (Å²) in [5, 5.41) is 86.6. The Kier molecular flexibility index (Phi) is 32.0. The minimum Gasteiger partial charge on any atom is -0.480 e. The summed E-state index contributed by atoms with van der Waals surface area (Å²) in [5.74, 6) is -10.5. The zero-order valence-electron chi connectivity index (χ0n) is 50.6. The number of carboxylic acid groups (broad SMARTS) is 8. The summed E-state index contributed by atoms with van der Waals surface area (Å²) in [5.41, 5.74) is 4.81. The van der Waals surface area contributed by atoms with Crippen molar-refractivity contribution in [2.24, 2.45) is 0 Å². The molecule has 0 radical (unpaired) electrons. The lowest BCUT2D eigenvalue weighted by Gasteiger charge is -2.38. The van der Waals surface area contributed by atoms with Crippen LogP contribution in [0.1, 0.15) is 84.8 Å². The molecule has 1 aromatic rings. The molecule has 486 valence electrons. The molecule has 0 aliphatic carbocycles. The molecule has 2 saturated heterocycles. The smallest absolute Gasteiger partial charge is 0.320 e. The highest BCUT2D eigenvalue weighted by Gasteiger charge is 2.35. The van der Waals surface area contributed by atoms with E-state index in [9.17, 15) is 88.8 Å². The number of carboxylic acids is 8. The second-order valence-corrected chi connectivity index (χ2v) is 22.2. The third kappa shape index (κ3) is 25.1. The first kappa shape index (κ1) is 73.8. The molecule has 0 bridgehead atoms. The van der Waals surface area contributed by atoms with Crippen LogP contribution in [-0.4, -0.2) is 312 Å². The van der Waals surface area contributed by atoms with E-state index in [-0.39, 0.29) is 150 Å². The van der Waals surface area contributed by atoms with Crippen LogP contribution in [0.5, 0.6) is 0 Å². The Morgan fingerprint density at radius 3 is 0.965 bits per heavy atom. The summed E-state index contributed by atoms with van der Waals surface area (Å²) in [6.45, 7) is 11.8. The van der Waals surface area contributed by atoms with E-state index in [4.69, 9.17) is 4.84 Å². The fraction of sp³-hybridized carbons (Fsp3) is 0.714. The predicted molar refractivity (Wildman–Crippen MR) is 310 cm³/mol. The number of aryl methyl sites for hydroxylation is 1. The second kappa shape index (κ2) is 37.3. The van der Waals surface area contributed by atoms with Crippen LogP contribution in [-0.2, 0) is 59.3 Å². The van der Waals surface area contributed by atoms with Gasteiger partial charge in [-0.3, -0.25) is 92.0 Å². The van der Waals surface area contributed by atoms with Crippen molar-refractivity contribution in [2.45, 2.75) is 141 Å². The summed E-state index contributed by atoms with van der Waals surface area (Å²) in [7, 11) is 0. The molecule has 8 unspecified atom stereocenters. The van der Waals surface area contributed by atoms with Gasteiger partial charge in [-0.1, -0.05) is 29.8 Å². The molecule has 30 nitrogen and oxygen atoms in total. The van der Waals surface area contributed by atoms with Gasteiger partial charge in [0.25, 0.3) is 0 Å². The van der Waals surface area contributed by atoms with Crippen LogP contribution in [0.4, 0.5) is 0 Å². The zero-order valence-corrected chi connectivity index (χ0v) is 50.6. The lowest BCUT2D eigenvalue weighted by Crippen LogP contribution is -2.55. The summed E-state index contributed by atoms with van der Waals surface area (Å²) >= 11 is 0. The molecule has 2 fully saturated rings. The minimum atomic E-state index is -1.31. The Morgan fingerprint density at radius 1 is 0.407 bits per heavy atom. The van der Waals surface area contributed by atoms with Crippen molar-refractivity contribution < 1.29 is 93.6 Å². The largest absolute Gasteiger partial charge is 0.480 e. The van der Waals surface area contributed by atoms with Crippen LogP contribution in [0.2, 0.25) is 0 Å². The van der Waals surface area contributed by atoms with E-state index in [2.05, 4.69) is 16.1 Å². The van der Waals surface area contributed by atoms with Gasteiger partial charge in [0.2, 0.25) is 11.8 Å². The number of rotatable bonds is 31. The van der Waals surface area contributed by atoms with E-state index >= 15 is 0 Å². The Labute approximate surface area is 501 Å². The fourth-order valence-electron chi connectivity index (χ4n) is 10.3. The van der Waals surface area contributed by atoms with Crippen LogP contribution >= 0.6 is 0 Å². The van der Waals surface area contributed by atoms with E-state index in [0.29, 0.717) is 6.54 Å². The van der Waals surface area contributed by atoms with Crippen molar-refractivity contribution in [2.75, 3.05) is 118 Å². The van der Waals surface area contributed by atoms with Crippen molar-refractivity contribution in [3.8, 4) is 0 Å². The van der Waals surface area contributed by atoms with Gasteiger partial charge < -0.3 is 51.5 Å². The number of amides is 2. The third-order valence-electron chi connectivity index (χ3n) is 16.5. The van der Waals surface area contributed by atoms with Gasteiger partial charge in [0.15, 0.2) is 0 Å². The highest BCUT2D eigenvalue weighted by molar-refractivity contribution is 5.80. The molecule has 86 heavy (non-hydrogen) atoms. The van der Waals surface area contributed by atoms with Crippen LogP contribution in [0.25, 0.3) is 0 Å². The molecule has 30 heteroatoms. The molecular weight excluding hydrogens is 1130 g/mol. The Morgan fingerprint density at radius 2 is 0.686 bits per heavy atom. The van der Waals surface area contributed by atoms with Gasteiger partial charge in [-0.05, 0) is 73.3 Å². The molecule has 2 amide bonds. The SMILES string of the molecule is Cc1ccc(CNOC[C@@H](CCNC(=O)CCC(C(=O)O)N2CCN(C(C)C(=O)O)CCN(C(C)C(=O)O)CCN(C(C)C(=O)O)CC2)NC(=O)CCC(C(=O)O)N2CCN(C(C)C(=O)O)CCN(C(C)C(=O)O)CCN(C(C)C(=O)O)CC2)cc1. The second-order valence-electron chi connectivity index (χ2n) is 22.2. The van der Waals surface area contributed by atoms with Crippen molar-refractivity contribution in [1.82, 2.24) is 55.3 Å². The van der Waals surface area contributed by atoms with Crippen LogP contribution in [0.3, 0.4) is 0 Å². The number of hydroxylamine groups is 1. The maximum Gasteiger partial charge on any atom is 0.320 e. The molecule has 0 spiro atoms. The number of aliphatic carboxylic acids is 8. The molecule has 2 aliphatic heterocycles. The molecule has 11 N–H and O–H groups in total. The normalized spacial score (nSPS) is 20.3. The third-order valence-corrected chi connectivity index (χ3v) is 16.5. The number of hydrogen-bond donors (Lipinski definition) is 11. The van der Waals surface area contributed by atoms with Gasteiger partial charge >= 0.3 is 47.8 Å². The number of hydrogen-bond acceptors (Lipinski definition) is 20. The topological polar surface area (TPSA) is 404 Å². The Bertz CT molecular complexity index is 2320. The van der Waals surface area contributed by atoms with Crippen LogP contribution in [0, 0.1) is 6.92 Å². The molecule has 2 heterocycles. The van der Waals surface area contributed by atoms with Crippen LogP contribution < -0.4 is 16.1 Å². The number of carbonyl (C=O) groups is 10. The molecule has 1 aromatic carbocycles. The highest BCUT2D eigenvalue weighted by Crippen LogP contribution is 2.17. The van der Waals surface area contributed by atoms with E-state index in [1.165, 1.54) is 41.5 Å². The first-order valence-electron chi connectivity index (χ1n) is 29.2. The summed E-state index contributed by atoms with van der Waals surface area (Å²) in [6, 6.07) is -1.84. The Balaban J connectivity index is 1.82. The summed E-state index contributed by atoms with van der Waals surface area (Å²) in [4.78, 5) is 145. The zero-order chi connectivity index (χ0) is 64.4. The maximum absolute atomic E-state index is 13.9. The lowest BCUT2D eigenvalue weighted by molar-refractivity contribution is -0.147. The molecule has 0 aromatic heterocycles. The monoisotopic (exact) mass is 1220 g/mol. The van der Waals surface area contributed by atoms with Crippen molar-refractivity contribution in [1.29, 1.82) is 0 Å². The van der Waals surface area contributed by atoms with Gasteiger partial charge in [-0.25, -0.2) is 0 Å². The van der Waals surface area contributed by atoms with Gasteiger partial charge in [0.05, 0.1) is 12.6 Å². The first-order valence-corrected chi connectivity index (χ1v) is 29.2. The molecule has 9 atom stereocenters. The highest BCUT2D eigenvalue weighted by atomic mass is 16.6. The number of benzene rings is 1. The van der Waals surface area contributed by atoms with Gasteiger partial charge in [-0.15, -0.1) is 0 Å². The number of carbonyl (C=O) groups excluding carboxylic acids is 2. The van der Waals surface area contributed by atoms with Gasteiger partial charge in [0, 0.05) is 131 Å². The fourth-order valence-corrected chi connectivity index (χ4v) is 10.3. The van der Waals surface area contributed by atoms with E-state index in [0.717, 1.165) is 11.1 Å². The number of nitrogens with zero attached hydrogens (tertiary/aromatic N) is 8. The van der Waals surface area contributed by atoms with Crippen LogP contribution in [0.15, 0.2) is 24.3 Å². The number of nitrogens with one attached hydrogen (secondary N) is 3. The minimum absolute atomic E-state index is 0.00409. The first-order chi connectivity index (χ1) is 40.5. The molecule has 3 rings (SSSR count). The average Bonchev–Trinajstić information content (AvgIpc) is 3.66. The van der Waals surface area contributed by atoms with Crippen molar-refractivity contribution >= 4 is 59.6 Å². The lowest BCUT2D eigenvalue weighted by atomic mass is 10.1. The van der Waals surface area contributed by atoms with E-state index in [1.807, 2.05) is 31.2 Å². The van der Waals surface area contributed by atoms with E-state index < -0.39 is 114 Å². The summed E-state index contributed by atoms with van der Waals surface area (Å²) in [6.07, 6.45) is -0.970. The van der Waals surface area contributed by atoms with E-state index in [1.54, 1.807) is 39.2 Å². The van der Waals surface area contributed by atoms with Gasteiger partial charge in [-0.2, -0.15) is 5.48 Å². The quantitative estimate of drug-likeness (QED) is 0.0306. The van der Waals surface area contributed by atoms with Gasteiger partial charge in [0.1, 0.15) is 48.3 Å². The standard InChI is InChI=1S/C56H93N11O19/c1-36-8-10-43(11-9-36)34-58-86-35-44(59-48(69)15-13-46(56(84)85)67-32-28-64(41(6)53(78)79)24-20-61(38(3)50(72)73)21-25-65(29-33-67)42(7)54(80)81)16-17-57-47(68)14-12-45(55(82)83)66-30-26-62(39(4)51(74)75)22-18-60(37(2)49(70)71)19-23-63(27-31-66)40(5)52(76)77/h8-11,37-42,44-46,58H,12-35H2,1-7H3,(H,57,68)(H,59,69)(H,70,71)(H,72,73)(H,74,75)(H,76,77)(H,78,79)(H,80,81)(H,82,83)(H,84,85)/t37?,38?,39?,40?,41?,42?,44-,45?,46?/m1/s1. The predicted octanol–water partition coefficient (Wildman–Crippen LogP) is -1.24. The Hall–Kier alpha value is -6.48. The van der Waals surface area contributed by atoms with Crippen molar-refractivity contribution in [3.63, 3.8) is 0 Å². The average molecular weight is 1220 g/mol. The molecule has 2 aliphatic rings. The summed E-state index contributed by atoms with van der Waals surface area (Å²) < 4.78 is 0. The van der Waals surface area contributed by atoms with Crippen molar-refractivity contribution in [3.05, 3.63) is 35.4 Å². The maximum atomic E-state index is 13.9. The molecule has 0 saturated carbocycles. The molecular formula is C56H93N11O19.